The lowest BCUT2D eigenvalue weighted by atomic mass is 10.3. The lowest BCUT2D eigenvalue weighted by molar-refractivity contribution is -0.274. The van der Waals surface area contributed by atoms with Gasteiger partial charge in [-0.2, -0.15) is 0 Å². The molecule has 0 unspecified atom stereocenters. The van der Waals surface area contributed by atoms with Gasteiger partial charge in [0.25, 0.3) is 5.88 Å². The van der Waals surface area contributed by atoms with Gasteiger partial charge in [-0.3, -0.25) is 0 Å². The van der Waals surface area contributed by atoms with Crippen LogP contribution >= 0.6 is 11.6 Å². The van der Waals surface area contributed by atoms with Crippen molar-refractivity contribution in [3.8, 4) is 17.3 Å². The molecule has 0 atom stereocenters. The van der Waals surface area contributed by atoms with E-state index in [4.69, 9.17) is 21.1 Å². The first-order valence-corrected chi connectivity index (χ1v) is 7.65. The van der Waals surface area contributed by atoms with Crippen molar-refractivity contribution < 1.29 is 36.9 Å². The molecule has 0 bridgehead atoms. The number of carbonyl (C=O) groups is 1. The minimum atomic E-state index is -4.77. The molecule has 11 heteroatoms. The van der Waals surface area contributed by atoms with Crippen molar-refractivity contribution in [2.75, 3.05) is 20.8 Å². The number of benzene rings is 1. The fourth-order valence-corrected chi connectivity index (χ4v) is 2.11. The van der Waals surface area contributed by atoms with Gasteiger partial charge in [0, 0.05) is 0 Å². The standard InChI is InChI=1S/C16H14ClF3N2O5/c1-24-8-10(15(23)25-2)9-26-14-13(17)7-22(21-14)11-3-5-12(6-4-11)27-16(18,19)20/h3-8H,9H2,1-2H3. The van der Waals surface area contributed by atoms with Crippen LogP contribution in [0, 0.1) is 0 Å². The van der Waals surface area contributed by atoms with Crippen LogP contribution in [0.25, 0.3) is 5.69 Å². The Hall–Kier alpha value is -2.88. The van der Waals surface area contributed by atoms with E-state index >= 15 is 0 Å². The predicted molar refractivity (Wildman–Crippen MR) is 87.9 cm³/mol. The lowest BCUT2D eigenvalue weighted by Gasteiger charge is -2.09. The fourth-order valence-electron chi connectivity index (χ4n) is 1.93. The van der Waals surface area contributed by atoms with E-state index in [1.165, 1.54) is 37.2 Å². The largest absolute Gasteiger partial charge is 0.573 e. The second-order valence-electron chi connectivity index (χ2n) is 4.93. The summed E-state index contributed by atoms with van der Waals surface area (Å²) in [6, 6.07) is 4.99. The van der Waals surface area contributed by atoms with Crippen LogP contribution < -0.4 is 9.47 Å². The van der Waals surface area contributed by atoms with Gasteiger partial charge < -0.3 is 18.9 Å². The molecule has 0 amide bonds. The maximum Gasteiger partial charge on any atom is 0.573 e. The minimum Gasteiger partial charge on any atom is -0.504 e. The number of methoxy groups -OCH3 is 2. The first kappa shape index (κ1) is 20.4. The Morgan fingerprint density at radius 3 is 2.48 bits per heavy atom. The zero-order chi connectivity index (χ0) is 20.0. The summed E-state index contributed by atoms with van der Waals surface area (Å²) in [4.78, 5) is 11.6. The van der Waals surface area contributed by atoms with Gasteiger partial charge in [0.05, 0.1) is 32.4 Å². The Morgan fingerprint density at radius 2 is 1.93 bits per heavy atom. The molecule has 2 aromatic rings. The lowest BCUT2D eigenvalue weighted by Crippen LogP contribution is -2.17. The molecule has 27 heavy (non-hydrogen) atoms. The molecule has 0 spiro atoms. The van der Waals surface area contributed by atoms with E-state index in [2.05, 4.69) is 14.6 Å². The van der Waals surface area contributed by atoms with Crippen molar-refractivity contribution in [1.29, 1.82) is 0 Å². The average molecular weight is 407 g/mol. The number of nitrogens with zero attached hydrogens (tertiary/aromatic N) is 2. The Kier molecular flexibility index (Phi) is 6.56. The normalized spacial score (nSPS) is 11.9. The number of hydrogen-bond acceptors (Lipinski definition) is 6. The number of hydrogen-bond donors (Lipinski definition) is 0. The summed E-state index contributed by atoms with van der Waals surface area (Å²) < 4.78 is 56.4. The minimum absolute atomic E-state index is 0.0122. The van der Waals surface area contributed by atoms with Gasteiger partial charge in [0.1, 0.15) is 23.0 Å². The van der Waals surface area contributed by atoms with E-state index < -0.39 is 12.3 Å². The summed E-state index contributed by atoms with van der Waals surface area (Å²) in [7, 11) is 2.57. The molecule has 0 saturated heterocycles. The summed E-state index contributed by atoms with van der Waals surface area (Å²) in [5, 5.41) is 4.21. The van der Waals surface area contributed by atoms with Gasteiger partial charge in [0.15, 0.2) is 0 Å². The van der Waals surface area contributed by atoms with Crippen molar-refractivity contribution in [3.63, 3.8) is 0 Å². The highest BCUT2D eigenvalue weighted by atomic mass is 35.5. The quantitative estimate of drug-likeness (QED) is 0.398. The smallest absolute Gasteiger partial charge is 0.504 e. The molecule has 0 fully saturated rings. The van der Waals surface area contributed by atoms with Gasteiger partial charge in [-0.05, 0) is 24.3 Å². The van der Waals surface area contributed by atoms with Gasteiger partial charge in [0.2, 0.25) is 0 Å². The number of carbonyl (C=O) groups excluding carboxylic acids is 1. The SMILES string of the molecule is COC=C(COc1nn(-c2ccc(OC(F)(F)F)cc2)cc1Cl)C(=O)OC. The Morgan fingerprint density at radius 1 is 1.26 bits per heavy atom. The maximum absolute atomic E-state index is 12.2. The van der Waals surface area contributed by atoms with Gasteiger partial charge in [-0.15, -0.1) is 18.3 Å². The van der Waals surface area contributed by atoms with Gasteiger partial charge in [-0.1, -0.05) is 11.6 Å². The first-order valence-electron chi connectivity index (χ1n) is 7.28. The van der Waals surface area contributed by atoms with Crippen LogP contribution in [0.2, 0.25) is 5.02 Å². The van der Waals surface area contributed by atoms with Crippen LogP contribution in [0.3, 0.4) is 0 Å². The second kappa shape index (κ2) is 8.67. The Bertz CT molecular complexity index is 818. The van der Waals surface area contributed by atoms with E-state index in [-0.39, 0.29) is 28.8 Å². The monoisotopic (exact) mass is 406 g/mol. The van der Waals surface area contributed by atoms with Crippen molar-refractivity contribution in [3.05, 3.63) is 47.3 Å². The fraction of sp³-hybridized carbons (Fsp3) is 0.250. The van der Waals surface area contributed by atoms with Crippen LogP contribution in [0.1, 0.15) is 0 Å². The number of halogens is 4. The van der Waals surface area contributed by atoms with Crippen LogP contribution in [0.15, 0.2) is 42.3 Å². The summed E-state index contributed by atoms with van der Waals surface area (Å²) in [5.41, 5.74) is 0.515. The predicted octanol–water partition coefficient (Wildman–Crippen LogP) is 3.51. The van der Waals surface area contributed by atoms with Crippen molar-refractivity contribution in [1.82, 2.24) is 9.78 Å². The summed E-state index contributed by atoms with van der Waals surface area (Å²) >= 11 is 6.04. The number of alkyl halides is 3. The van der Waals surface area contributed by atoms with Crippen LogP contribution in [-0.2, 0) is 14.3 Å². The van der Waals surface area contributed by atoms with Crippen molar-refractivity contribution >= 4 is 17.6 Å². The van der Waals surface area contributed by atoms with E-state index in [1.807, 2.05) is 0 Å². The molecule has 0 N–H and O–H groups in total. The van der Waals surface area contributed by atoms with Gasteiger partial charge >= 0.3 is 12.3 Å². The van der Waals surface area contributed by atoms with E-state index in [0.29, 0.717) is 5.69 Å². The second-order valence-corrected chi connectivity index (χ2v) is 5.33. The van der Waals surface area contributed by atoms with Crippen LogP contribution in [0.5, 0.6) is 11.6 Å². The number of aromatic nitrogens is 2. The molecule has 1 aromatic heterocycles. The third-order valence-corrected chi connectivity index (χ3v) is 3.30. The topological polar surface area (TPSA) is 71.8 Å². The molecule has 2 rings (SSSR count). The zero-order valence-electron chi connectivity index (χ0n) is 14.1. The molecule has 146 valence electrons. The average Bonchev–Trinajstić information content (AvgIpc) is 2.98. The Labute approximate surface area is 156 Å². The molecule has 1 heterocycles. The molecular formula is C16H14ClF3N2O5. The van der Waals surface area contributed by atoms with Crippen molar-refractivity contribution in [2.45, 2.75) is 6.36 Å². The third kappa shape index (κ3) is 5.81. The number of esters is 1. The van der Waals surface area contributed by atoms with Crippen LogP contribution in [0.4, 0.5) is 13.2 Å². The molecule has 0 aliphatic heterocycles. The molecule has 7 nitrogen and oxygen atoms in total. The molecule has 1 aromatic carbocycles. The number of ether oxygens (including phenoxy) is 4. The van der Waals surface area contributed by atoms with E-state index in [9.17, 15) is 18.0 Å². The first-order chi connectivity index (χ1) is 12.7. The highest BCUT2D eigenvalue weighted by Gasteiger charge is 2.31. The van der Waals surface area contributed by atoms with E-state index in [0.717, 1.165) is 18.4 Å². The third-order valence-electron chi connectivity index (χ3n) is 3.05. The maximum atomic E-state index is 12.2. The summed E-state index contributed by atoms with van der Waals surface area (Å²) in [6.45, 7) is -0.213. The molecular weight excluding hydrogens is 393 g/mol. The molecule has 0 aliphatic rings. The molecule has 0 radical (unpaired) electrons. The van der Waals surface area contributed by atoms with E-state index in [1.54, 1.807) is 0 Å². The van der Waals surface area contributed by atoms with Crippen molar-refractivity contribution in [2.24, 2.45) is 0 Å². The summed E-state index contributed by atoms with van der Waals surface area (Å²) in [6.07, 6.45) is -2.21. The van der Waals surface area contributed by atoms with Gasteiger partial charge in [-0.25, -0.2) is 9.48 Å². The zero-order valence-corrected chi connectivity index (χ0v) is 14.9. The summed E-state index contributed by atoms with van der Waals surface area (Å²) in [5.74, 6) is -1.00. The highest BCUT2D eigenvalue weighted by molar-refractivity contribution is 6.31. The van der Waals surface area contributed by atoms with Crippen LogP contribution in [-0.4, -0.2) is 42.9 Å². The molecule has 0 saturated carbocycles. The molecule has 0 aliphatic carbocycles. The number of rotatable bonds is 7. The Balaban J connectivity index is 2.11. The highest BCUT2D eigenvalue weighted by Crippen LogP contribution is 2.27.